The standard InChI is InChI=1S/C10H14N2OS/c1-7-9(11-6-14-7)10(13)12-8-4-2-3-5-8/h6,8H,2-5H2,1H3,(H,12,13). The summed E-state index contributed by atoms with van der Waals surface area (Å²) in [5, 5.41) is 3.03. The molecule has 14 heavy (non-hydrogen) atoms. The first-order chi connectivity index (χ1) is 6.77. The van der Waals surface area contributed by atoms with Crippen LogP contribution in [0.5, 0.6) is 0 Å². The van der Waals surface area contributed by atoms with Crippen LogP contribution in [0.3, 0.4) is 0 Å². The van der Waals surface area contributed by atoms with Crippen molar-refractivity contribution < 1.29 is 4.79 Å². The van der Waals surface area contributed by atoms with Gasteiger partial charge < -0.3 is 5.32 Å². The second-order valence-corrected chi connectivity index (χ2v) is 4.77. The average molecular weight is 210 g/mol. The Morgan fingerprint density at radius 2 is 2.29 bits per heavy atom. The number of rotatable bonds is 2. The fourth-order valence-corrected chi connectivity index (χ4v) is 2.42. The number of nitrogens with one attached hydrogen (secondary N) is 1. The third-order valence-corrected chi connectivity index (χ3v) is 3.41. The van der Waals surface area contributed by atoms with Crippen LogP contribution in [0.15, 0.2) is 5.51 Å². The lowest BCUT2D eigenvalue weighted by molar-refractivity contribution is 0.0933. The van der Waals surface area contributed by atoms with Crippen LogP contribution in [-0.2, 0) is 0 Å². The summed E-state index contributed by atoms with van der Waals surface area (Å²) in [4.78, 5) is 16.8. The maximum Gasteiger partial charge on any atom is 0.271 e. The molecule has 1 aliphatic rings. The van der Waals surface area contributed by atoms with Gasteiger partial charge in [-0.25, -0.2) is 4.98 Å². The molecule has 1 aliphatic carbocycles. The molecule has 1 saturated carbocycles. The van der Waals surface area contributed by atoms with Crippen molar-refractivity contribution in [2.45, 2.75) is 38.6 Å². The lowest BCUT2D eigenvalue weighted by Gasteiger charge is -2.10. The summed E-state index contributed by atoms with van der Waals surface area (Å²) in [7, 11) is 0. The van der Waals surface area contributed by atoms with Crippen LogP contribution in [0.25, 0.3) is 0 Å². The second-order valence-electron chi connectivity index (χ2n) is 3.71. The molecular weight excluding hydrogens is 196 g/mol. The van der Waals surface area contributed by atoms with Gasteiger partial charge in [0.25, 0.3) is 5.91 Å². The number of carbonyl (C=O) groups is 1. The number of hydrogen-bond donors (Lipinski definition) is 1. The van der Waals surface area contributed by atoms with E-state index >= 15 is 0 Å². The van der Waals surface area contributed by atoms with Gasteiger partial charge in [-0.3, -0.25) is 4.79 Å². The molecule has 0 radical (unpaired) electrons. The van der Waals surface area contributed by atoms with Crippen molar-refractivity contribution in [1.82, 2.24) is 10.3 Å². The largest absolute Gasteiger partial charge is 0.348 e. The van der Waals surface area contributed by atoms with E-state index in [9.17, 15) is 4.79 Å². The molecule has 0 spiro atoms. The van der Waals surface area contributed by atoms with Gasteiger partial charge >= 0.3 is 0 Å². The quantitative estimate of drug-likeness (QED) is 0.812. The summed E-state index contributed by atoms with van der Waals surface area (Å²) >= 11 is 1.52. The molecule has 1 N–H and O–H groups in total. The summed E-state index contributed by atoms with van der Waals surface area (Å²) in [5.41, 5.74) is 2.32. The highest BCUT2D eigenvalue weighted by Gasteiger charge is 2.19. The van der Waals surface area contributed by atoms with Crippen molar-refractivity contribution in [3.63, 3.8) is 0 Å². The second kappa shape index (κ2) is 4.09. The van der Waals surface area contributed by atoms with Gasteiger partial charge in [-0.05, 0) is 19.8 Å². The van der Waals surface area contributed by atoms with E-state index in [1.165, 1.54) is 24.2 Å². The maximum atomic E-state index is 11.7. The van der Waals surface area contributed by atoms with Crippen LogP contribution in [0, 0.1) is 6.92 Å². The predicted octanol–water partition coefficient (Wildman–Crippen LogP) is 2.12. The van der Waals surface area contributed by atoms with Crippen LogP contribution >= 0.6 is 11.3 Å². The van der Waals surface area contributed by atoms with Gasteiger partial charge in [0.15, 0.2) is 0 Å². The number of amides is 1. The van der Waals surface area contributed by atoms with Crippen LogP contribution in [0.2, 0.25) is 0 Å². The first-order valence-electron chi connectivity index (χ1n) is 4.98. The molecule has 0 atom stereocenters. The lowest BCUT2D eigenvalue weighted by Crippen LogP contribution is -2.33. The molecule has 76 valence electrons. The third kappa shape index (κ3) is 1.95. The molecule has 0 aliphatic heterocycles. The zero-order chi connectivity index (χ0) is 9.97. The lowest BCUT2D eigenvalue weighted by atomic mass is 10.2. The fourth-order valence-electron chi connectivity index (χ4n) is 1.85. The van der Waals surface area contributed by atoms with E-state index in [2.05, 4.69) is 10.3 Å². The van der Waals surface area contributed by atoms with Gasteiger partial charge in [0.05, 0.1) is 5.51 Å². The van der Waals surface area contributed by atoms with Gasteiger partial charge in [-0.2, -0.15) is 0 Å². The van der Waals surface area contributed by atoms with E-state index < -0.39 is 0 Å². The summed E-state index contributed by atoms with van der Waals surface area (Å²) in [6, 6.07) is 0.378. The Hall–Kier alpha value is -0.900. The van der Waals surface area contributed by atoms with Crippen molar-refractivity contribution in [3.05, 3.63) is 16.1 Å². The summed E-state index contributed by atoms with van der Waals surface area (Å²) in [6.45, 7) is 1.93. The molecule has 1 fully saturated rings. The van der Waals surface area contributed by atoms with Crippen LogP contribution < -0.4 is 5.32 Å². The van der Waals surface area contributed by atoms with Crippen molar-refractivity contribution in [1.29, 1.82) is 0 Å². The SMILES string of the molecule is Cc1scnc1C(=O)NC1CCCC1. The van der Waals surface area contributed by atoms with Crippen molar-refractivity contribution in [3.8, 4) is 0 Å². The summed E-state index contributed by atoms with van der Waals surface area (Å²) in [6.07, 6.45) is 4.71. The van der Waals surface area contributed by atoms with Crippen molar-refractivity contribution in [2.24, 2.45) is 0 Å². The van der Waals surface area contributed by atoms with Crippen molar-refractivity contribution >= 4 is 17.2 Å². The van der Waals surface area contributed by atoms with E-state index in [-0.39, 0.29) is 5.91 Å². The highest BCUT2D eigenvalue weighted by molar-refractivity contribution is 7.09. The number of nitrogens with zero attached hydrogens (tertiary/aromatic N) is 1. The molecule has 4 heteroatoms. The first-order valence-corrected chi connectivity index (χ1v) is 5.86. The smallest absolute Gasteiger partial charge is 0.271 e. The molecule has 2 rings (SSSR count). The minimum atomic E-state index is -0.00403. The van der Waals surface area contributed by atoms with Crippen molar-refractivity contribution in [2.75, 3.05) is 0 Å². The maximum absolute atomic E-state index is 11.7. The molecule has 0 unspecified atom stereocenters. The van der Waals surface area contributed by atoms with E-state index in [0.717, 1.165) is 17.7 Å². The fraction of sp³-hybridized carbons (Fsp3) is 0.600. The number of carbonyl (C=O) groups excluding carboxylic acids is 1. The Balaban J connectivity index is 1.98. The monoisotopic (exact) mass is 210 g/mol. The van der Waals surface area contributed by atoms with E-state index in [1.807, 2.05) is 6.92 Å². The minimum Gasteiger partial charge on any atom is -0.348 e. The Labute approximate surface area is 87.6 Å². The molecule has 1 aromatic heterocycles. The molecule has 0 aromatic carbocycles. The molecule has 1 heterocycles. The predicted molar refractivity (Wildman–Crippen MR) is 56.6 cm³/mol. The van der Waals surface area contributed by atoms with E-state index in [0.29, 0.717) is 11.7 Å². The number of thiazole rings is 1. The van der Waals surface area contributed by atoms with Gasteiger partial charge in [-0.15, -0.1) is 11.3 Å². The highest BCUT2D eigenvalue weighted by atomic mass is 32.1. The Morgan fingerprint density at radius 1 is 1.57 bits per heavy atom. The van der Waals surface area contributed by atoms with E-state index in [4.69, 9.17) is 0 Å². The first kappa shape index (κ1) is 9.65. The van der Waals surface area contributed by atoms with Gasteiger partial charge in [0.2, 0.25) is 0 Å². The van der Waals surface area contributed by atoms with E-state index in [1.54, 1.807) is 5.51 Å². The van der Waals surface area contributed by atoms with Gasteiger partial charge in [0.1, 0.15) is 5.69 Å². The Morgan fingerprint density at radius 3 is 2.86 bits per heavy atom. The number of aryl methyl sites for hydroxylation is 1. The van der Waals surface area contributed by atoms with Crippen LogP contribution in [-0.4, -0.2) is 16.9 Å². The molecule has 0 saturated heterocycles. The zero-order valence-electron chi connectivity index (χ0n) is 8.25. The molecule has 1 aromatic rings. The Kier molecular flexibility index (Phi) is 2.82. The molecule has 1 amide bonds. The number of aromatic nitrogens is 1. The number of hydrogen-bond acceptors (Lipinski definition) is 3. The molecule has 0 bridgehead atoms. The minimum absolute atomic E-state index is 0.00403. The van der Waals surface area contributed by atoms with Crippen LogP contribution in [0.1, 0.15) is 41.0 Å². The summed E-state index contributed by atoms with van der Waals surface area (Å²) < 4.78 is 0. The Bertz CT molecular complexity index is 329. The highest BCUT2D eigenvalue weighted by Crippen LogP contribution is 2.19. The normalized spacial score (nSPS) is 17.2. The molecular formula is C10H14N2OS. The zero-order valence-corrected chi connectivity index (χ0v) is 9.06. The topological polar surface area (TPSA) is 42.0 Å². The summed E-state index contributed by atoms with van der Waals surface area (Å²) in [5.74, 6) is -0.00403. The van der Waals surface area contributed by atoms with Gasteiger partial charge in [0, 0.05) is 10.9 Å². The van der Waals surface area contributed by atoms with Crippen LogP contribution in [0.4, 0.5) is 0 Å². The molecule has 3 nitrogen and oxygen atoms in total. The third-order valence-electron chi connectivity index (χ3n) is 2.65. The average Bonchev–Trinajstić information content (AvgIpc) is 2.75. The van der Waals surface area contributed by atoms with Gasteiger partial charge in [-0.1, -0.05) is 12.8 Å².